The van der Waals surface area contributed by atoms with E-state index in [0.717, 1.165) is 23.2 Å². The first-order chi connectivity index (χ1) is 8.09. The third kappa shape index (κ3) is 1.42. The van der Waals surface area contributed by atoms with Gasteiger partial charge in [0.05, 0.1) is 0 Å². The second kappa shape index (κ2) is 3.31. The summed E-state index contributed by atoms with van der Waals surface area (Å²) in [5.41, 5.74) is 1.48. The molecule has 6 rings (SSSR count). The van der Waals surface area contributed by atoms with E-state index in [1.165, 1.54) is 25.7 Å². The van der Waals surface area contributed by atoms with Gasteiger partial charge in [0.25, 0.3) is 0 Å². The summed E-state index contributed by atoms with van der Waals surface area (Å²) in [5, 5.41) is 0. The summed E-state index contributed by atoms with van der Waals surface area (Å²) >= 11 is 0. The molecule has 0 nitrogen and oxygen atoms in total. The van der Waals surface area contributed by atoms with E-state index in [1.54, 1.807) is 32.1 Å². The average molecular weight is 231 g/mol. The molecule has 0 aromatic carbocycles. The molecule has 0 amide bonds. The maximum Gasteiger partial charge on any atom is -0.0199 e. The van der Waals surface area contributed by atoms with Gasteiger partial charge in [-0.05, 0) is 79.4 Å². The lowest BCUT2D eigenvalue weighted by Crippen LogP contribution is -2.53. The normalized spacial score (nSPS) is 51.5. The van der Waals surface area contributed by atoms with Gasteiger partial charge in [-0.2, -0.15) is 0 Å². The van der Waals surface area contributed by atoms with Crippen molar-refractivity contribution in [2.24, 2.45) is 28.6 Å². The van der Waals surface area contributed by atoms with Gasteiger partial charge in [0.1, 0.15) is 0 Å². The van der Waals surface area contributed by atoms with E-state index in [2.05, 4.69) is 13.8 Å². The highest BCUT2D eigenvalue weighted by atomic mass is 14.6. The van der Waals surface area contributed by atoms with E-state index in [-0.39, 0.29) is 0 Å². The second-order valence-corrected chi connectivity index (χ2v) is 8.35. The van der Waals surface area contributed by atoms with Crippen LogP contribution in [0.2, 0.25) is 0 Å². The maximum atomic E-state index is 2.53. The zero-order valence-corrected chi connectivity index (χ0v) is 11.6. The van der Waals surface area contributed by atoms with E-state index < -0.39 is 0 Å². The molecule has 17 heavy (non-hydrogen) atoms. The molecule has 0 saturated heterocycles. The van der Waals surface area contributed by atoms with Gasteiger partial charge < -0.3 is 0 Å². The molecule has 2 unspecified atom stereocenters. The highest BCUT2D eigenvalue weighted by molar-refractivity contribution is 5.18. The monoisotopic (exact) mass is 231 g/mol. The summed E-state index contributed by atoms with van der Waals surface area (Å²) in [6.07, 6.45) is 13.9. The minimum absolute atomic E-state index is 0.669. The summed E-state index contributed by atoms with van der Waals surface area (Å²) in [4.78, 5) is 0. The van der Waals surface area contributed by atoms with Crippen molar-refractivity contribution >= 4 is 0 Å². The molecule has 0 aromatic heterocycles. The lowest BCUT2D eigenvalue weighted by molar-refractivity contribution is -0.0750. The molecule has 6 aliphatic carbocycles. The van der Waals surface area contributed by atoms with Crippen molar-refractivity contribution in [3.63, 3.8) is 0 Å². The number of fused-ring (bicyclic) bond motifs is 4. The fourth-order valence-corrected chi connectivity index (χ4v) is 6.00. The molecule has 2 atom stereocenters. The van der Waals surface area contributed by atoms with Crippen molar-refractivity contribution in [3.8, 4) is 0 Å². The molecule has 0 N–H and O–H groups in total. The highest BCUT2D eigenvalue weighted by Crippen LogP contribution is 2.67. The molecule has 0 aliphatic heterocycles. The Morgan fingerprint density at radius 1 is 1.18 bits per heavy atom. The van der Waals surface area contributed by atoms with Gasteiger partial charge in [-0.3, -0.25) is 0 Å². The Bertz CT molecular complexity index is 313. The van der Waals surface area contributed by atoms with Crippen LogP contribution in [0.5, 0.6) is 0 Å². The van der Waals surface area contributed by atoms with Crippen LogP contribution in [-0.2, 0) is 0 Å². The van der Waals surface area contributed by atoms with E-state index >= 15 is 0 Å². The number of hydrogen-bond acceptors (Lipinski definition) is 0. The first-order valence-electron chi connectivity index (χ1n) is 7.94. The molecular formula is C17H27. The smallest absolute Gasteiger partial charge is 0.0199 e. The largest absolute Gasteiger partial charge is 0.0594 e. The van der Waals surface area contributed by atoms with Crippen LogP contribution in [-0.4, -0.2) is 0 Å². The van der Waals surface area contributed by atoms with Crippen LogP contribution in [0.15, 0.2) is 0 Å². The summed E-state index contributed by atoms with van der Waals surface area (Å²) in [5.74, 6) is 5.21. The van der Waals surface area contributed by atoms with Gasteiger partial charge in [-0.15, -0.1) is 0 Å². The standard InChI is InChI=1S/C17H27/c1-16(2)14-6-5-13(15(16)8-14)11-17-7-3-4-12(9-17)10-17/h12,14-15H,3-11H2,1-2H3. The molecule has 0 aromatic rings. The lowest BCUT2D eigenvalue weighted by Gasteiger charge is -2.63. The summed E-state index contributed by atoms with van der Waals surface area (Å²) < 4.78 is 0. The number of rotatable bonds is 2. The van der Waals surface area contributed by atoms with Crippen LogP contribution < -0.4 is 0 Å². The van der Waals surface area contributed by atoms with Crippen LogP contribution >= 0.6 is 0 Å². The second-order valence-electron chi connectivity index (χ2n) is 8.35. The molecule has 6 aliphatic rings. The van der Waals surface area contributed by atoms with Gasteiger partial charge in [0.2, 0.25) is 0 Å². The van der Waals surface area contributed by atoms with Crippen LogP contribution in [0.1, 0.15) is 71.6 Å². The Morgan fingerprint density at radius 3 is 2.59 bits per heavy atom. The molecule has 0 heteroatoms. The molecule has 6 saturated carbocycles. The van der Waals surface area contributed by atoms with Gasteiger partial charge >= 0.3 is 0 Å². The summed E-state index contributed by atoms with van der Waals surface area (Å²) in [6, 6.07) is 0. The van der Waals surface area contributed by atoms with Gasteiger partial charge in [-0.1, -0.05) is 26.7 Å². The third-order valence-electron chi connectivity index (χ3n) is 7.14. The molecule has 0 spiro atoms. The first kappa shape index (κ1) is 10.9. The van der Waals surface area contributed by atoms with Crippen LogP contribution in [0.25, 0.3) is 0 Å². The minimum Gasteiger partial charge on any atom is -0.0594 e. The molecule has 0 heterocycles. The zero-order valence-electron chi connectivity index (χ0n) is 11.6. The first-order valence-corrected chi connectivity index (χ1v) is 7.94. The Kier molecular flexibility index (Phi) is 2.12. The highest BCUT2D eigenvalue weighted by Gasteiger charge is 2.57. The predicted octanol–water partition coefficient (Wildman–Crippen LogP) is 4.99. The average Bonchev–Trinajstić information content (AvgIpc) is 2.28. The molecular weight excluding hydrogens is 204 g/mol. The minimum atomic E-state index is 0.669. The quantitative estimate of drug-likeness (QED) is 0.628. The topological polar surface area (TPSA) is 0 Å². The van der Waals surface area contributed by atoms with E-state index in [1.807, 2.05) is 5.92 Å². The predicted molar refractivity (Wildman–Crippen MR) is 71.5 cm³/mol. The Morgan fingerprint density at radius 2 is 2.00 bits per heavy atom. The van der Waals surface area contributed by atoms with Crippen molar-refractivity contribution in [1.29, 1.82) is 0 Å². The van der Waals surface area contributed by atoms with Crippen molar-refractivity contribution in [2.45, 2.75) is 71.6 Å². The fraction of sp³-hybridized carbons (Fsp3) is 0.941. The van der Waals surface area contributed by atoms with Crippen LogP contribution in [0, 0.1) is 34.5 Å². The van der Waals surface area contributed by atoms with Crippen LogP contribution in [0.4, 0.5) is 0 Å². The molecule has 1 radical (unpaired) electrons. The van der Waals surface area contributed by atoms with Crippen LogP contribution in [0.3, 0.4) is 0 Å². The van der Waals surface area contributed by atoms with Crippen molar-refractivity contribution in [2.75, 3.05) is 0 Å². The Balaban J connectivity index is 1.46. The third-order valence-corrected chi connectivity index (χ3v) is 7.14. The van der Waals surface area contributed by atoms with Crippen molar-refractivity contribution in [1.82, 2.24) is 0 Å². The van der Waals surface area contributed by atoms with Gasteiger partial charge in [-0.25, -0.2) is 0 Å². The van der Waals surface area contributed by atoms with Gasteiger partial charge in [0.15, 0.2) is 0 Å². The van der Waals surface area contributed by atoms with E-state index in [9.17, 15) is 0 Å². The van der Waals surface area contributed by atoms with Crippen molar-refractivity contribution < 1.29 is 0 Å². The zero-order chi connectivity index (χ0) is 11.7. The fourth-order valence-electron chi connectivity index (χ4n) is 6.00. The Hall–Kier alpha value is 0. The molecule has 4 bridgehead atoms. The molecule has 95 valence electrons. The number of hydrogen-bond donors (Lipinski definition) is 0. The summed E-state index contributed by atoms with van der Waals surface area (Å²) in [7, 11) is 0. The summed E-state index contributed by atoms with van der Waals surface area (Å²) in [6.45, 7) is 5.07. The SMILES string of the molecule is CC1(C)C2CC[C](CC34CCCC(C3)C4)C1C2. The Labute approximate surface area is 107 Å². The van der Waals surface area contributed by atoms with E-state index in [4.69, 9.17) is 0 Å². The van der Waals surface area contributed by atoms with Gasteiger partial charge in [0, 0.05) is 0 Å². The molecule has 6 fully saturated rings. The van der Waals surface area contributed by atoms with Crippen molar-refractivity contribution in [3.05, 3.63) is 5.92 Å². The lowest BCUT2D eigenvalue weighted by atomic mass is 9.42. The van der Waals surface area contributed by atoms with E-state index in [0.29, 0.717) is 5.41 Å². The maximum absolute atomic E-state index is 2.53.